The number of carbonyl (C=O) groups is 1. The van der Waals surface area contributed by atoms with Gasteiger partial charge in [-0.3, -0.25) is 14.3 Å². The van der Waals surface area contributed by atoms with Crippen LogP contribution in [0.2, 0.25) is 0 Å². The molecule has 3 heterocycles. The van der Waals surface area contributed by atoms with E-state index in [2.05, 4.69) is 25.8 Å². The summed E-state index contributed by atoms with van der Waals surface area (Å²) in [5.74, 6) is 0.896. The molecule has 10 heteroatoms. The lowest BCUT2D eigenvalue weighted by Gasteiger charge is -2.18. The molecule has 39 heavy (non-hydrogen) atoms. The molecule has 9 nitrogen and oxygen atoms in total. The van der Waals surface area contributed by atoms with E-state index in [9.17, 15) is 9.18 Å². The molecule has 0 aliphatic carbocycles. The quantitative estimate of drug-likeness (QED) is 0.258. The molecule has 2 amide bonds. The molecule has 5 rings (SSSR count). The normalized spacial score (nSPS) is 11.3. The molecule has 0 bridgehead atoms. The Labute approximate surface area is 225 Å². The first-order valence-corrected chi connectivity index (χ1v) is 12.3. The second-order valence-electron chi connectivity index (χ2n) is 10.00. The Balaban J connectivity index is 1.27. The number of amides is 2. The van der Waals surface area contributed by atoms with E-state index in [1.807, 2.05) is 40.1 Å². The first-order chi connectivity index (χ1) is 18.6. The highest BCUT2D eigenvalue weighted by molar-refractivity contribution is 6.01. The maximum absolute atomic E-state index is 13.5. The summed E-state index contributed by atoms with van der Waals surface area (Å²) in [6.45, 7) is 6.02. The van der Waals surface area contributed by atoms with Crippen molar-refractivity contribution in [3.63, 3.8) is 0 Å². The van der Waals surface area contributed by atoms with Crippen LogP contribution < -0.4 is 15.4 Å². The van der Waals surface area contributed by atoms with Crippen LogP contribution in [0.4, 0.5) is 20.6 Å². The zero-order valence-corrected chi connectivity index (χ0v) is 22.0. The molecule has 0 spiro atoms. The van der Waals surface area contributed by atoms with Gasteiger partial charge in [0.2, 0.25) is 0 Å². The van der Waals surface area contributed by atoms with Crippen molar-refractivity contribution in [3.8, 4) is 34.0 Å². The van der Waals surface area contributed by atoms with Gasteiger partial charge in [-0.25, -0.2) is 9.18 Å². The van der Waals surface area contributed by atoms with Gasteiger partial charge in [-0.15, -0.1) is 0 Å². The fourth-order valence-corrected chi connectivity index (χ4v) is 3.84. The monoisotopic (exact) mass is 525 g/mol. The molecule has 2 N–H and O–H groups in total. The third-order valence-electron chi connectivity index (χ3n) is 5.85. The lowest BCUT2D eigenvalue weighted by atomic mass is 10.1. The zero-order chi connectivity index (χ0) is 27.6. The van der Waals surface area contributed by atoms with Gasteiger partial charge in [0, 0.05) is 48.5 Å². The third-order valence-corrected chi connectivity index (χ3v) is 5.85. The number of hydrogen-bond acceptors (Lipinski definition) is 5. The molecule has 0 saturated heterocycles. The second kappa shape index (κ2) is 10.4. The summed E-state index contributed by atoms with van der Waals surface area (Å²) in [4.78, 5) is 17.2. The number of ether oxygens (including phenoxy) is 1. The largest absolute Gasteiger partial charge is 0.457 e. The number of aryl methyl sites for hydroxylation is 1. The van der Waals surface area contributed by atoms with Crippen molar-refractivity contribution in [1.29, 1.82) is 0 Å². The van der Waals surface area contributed by atoms with Crippen LogP contribution in [0, 0.1) is 5.82 Å². The molecule has 3 aromatic heterocycles. The van der Waals surface area contributed by atoms with Crippen molar-refractivity contribution in [2.24, 2.45) is 7.05 Å². The molecule has 0 atom stereocenters. The summed E-state index contributed by atoms with van der Waals surface area (Å²) >= 11 is 0. The number of pyridine rings is 1. The number of aromatic nitrogens is 5. The Morgan fingerprint density at radius 2 is 1.67 bits per heavy atom. The van der Waals surface area contributed by atoms with Crippen LogP contribution in [0.1, 0.15) is 20.8 Å². The Hall–Kier alpha value is -4.99. The first-order valence-electron chi connectivity index (χ1n) is 12.3. The maximum Gasteiger partial charge on any atom is 0.323 e. The number of benzene rings is 2. The number of nitrogens with zero attached hydrogens (tertiary/aromatic N) is 5. The molecule has 2 aromatic carbocycles. The molecule has 0 saturated carbocycles. The third kappa shape index (κ3) is 6.12. The van der Waals surface area contributed by atoms with Gasteiger partial charge >= 0.3 is 6.03 Å². The minimum Gasteiger partial charge on any atom is -0.457 e. The lowest BCUT2D eigenvalue weighted by Crippen LogP contribution is -2.22. The van der Waals surface area contributed by atoms with E-state index in [0.717, 1.165) is 11.3 Å². The highest BCUT2D eigenvalue weighted by Crippen LogP contribution is 2.30. The first kappa shape index (κ1) is 25.7. The Bertz CT molecular complexity index is 1600. The van der Waals surface area contributed by atoms with E-state index in [0.29, 0.717) is 34.1 Å². The summed E-state index contributed by atoms with van der Waals surface area (Å²) in [6, 6.07) is 16.2. The summed E-state index contributed by atoms with van der Waals surface area (Å²) < 4.78 is 22.9. The van der Waals surface area contributed by atoms with Gasteiger partial charge in [-0.2, -0.15) is 10.2 Å². The van der Waals surface area contributed by atoms with Gasteiger partial charge in [0.25, 0.3) is 0 Å². The van der Waals surface area contributed by atoms with Gasteiger partial charge in [0.1, 0.15) is 23.0 Å². The SMILES string of the molecule is Cn1cc(-c2cc(Oc3ccc(NC(=O)Nc4cn(C(C)(C)C)nc4-c4ccc(F)cc4)cc3)ccn2)cn1. The second-order valence-corrected chi connectivity index (χ2v) is 10.00. The molecule has 0 aliphatic rings. The highest BCUT2D eigenvalue weighted by Gasteiger charge is 2.20. The van der Waals surface area contributed by atoms with E-state index in [4.69, 9.17) is 4.74 Å². The number of rotatable bonds is 6. The van der Waals surface area contributed by atoms with Crippen molar-refractivity contribution in [1.82, 2.24) is 24.5 Å². The van der Waals surface area contributed by atoms with Crippen LogP contribution in [0.25, 0.3) is 22.5 Å². The smallest absolute Gasteiger partial charge is 0.323 e. The van der Waals surface area contributed by atoms with E-state index in [1.165, 1.54) is 12.1 Å². The van der Waals surface area contributed by atoms with Crippen LogP contribution in [-0.2, 0) is 12.6 Å². The van der Waals surface area contributed by atoms with E-state index in [-0.39, 0.29) is 11.4 Å². The molecular weight excluding hydrogens is 497 g/mol. The van der Waals surface area contributed by atoms with Gasteiger partial charge in [0.15, 0.2) is 0 Å². The Morgan fingerprint density at radius 1 is 0.923 bits per heavy atom. The molecule has 198 valence electrons. The summed E-state index contributed by atoms with van der Waals surface area (Å²) in [5.41, 5.74) is 3.67. The van der Waals surface area contributed by atoms with Gasteiger partial charge in [0.05, 0.1) is 23.1 Å². The van der Waals surface area contributed by atoms with E-state index < -0.39 is 6.03 Å². The number of carbonyl (C=O) groups excluding carboxylic acids is 1. The number of anilines is 2. The summed E-state index contributed by atoms with van der Waals surface area (Å²) in [5, 5.41) is 14.5. The minimum atomic E-state index is -0.435. The fraction of sp³-hybridized carbons (Fsp3) is 0.172. The Morgan fingerprint density at radius 3 is 2.33 bits per heavy atom. The molecular formula is C29H28FN7O2. The Kier molecular flexibility index (Phi) is 6.84. The summed E-state index contributed by atoms with van der Waals surface area (Å²) in [7, 11) is 1.85. The predicted molar refractivity (Wildman–Crippen MR) is 148 cm³/mol. The molecule has 0 radical (unpaired) electrons. The fourth-order valence-electron chi connectivity index (χ4n) is 3.84. The number of nitrogens with one attached hydrogen (secondary N) is 2. The van der Waals surface area contributed by atoms with Crippen molar-refractivity contribution in [3.05, 3.63) is 91.3 Å². The predicted octanol–water partition coefficient (Wildman–Crippen LogP) is 6.68. The number of urea groups is 1. The van der Waals surface area contributed by atoms with Gasteiger partial charge < -0.3 is 15.4 Å². The van der Waals surface area contributed by atoms with Crippen LogP contribution in [0.15, 0.2) is 85.5 Å². The number of halogens is 1. The van der Waals surface area contributed by atoms with Crippen molar-refractivity contribution in [2.45, 2.75) is 26.3 Å². The topological polar surface area (TPSA) is 98.9 Å². The molecule has 0 fully saturated rings. The average Bonchev–Trinajstić information content (AvgIpc) is 3.52. The average molecular weight is 526 g/mol. The van der Waals surface area contributed by atoms with Crippen molar-refractivity contribution in [2.75, 3.05) is 10.6 Å². The van der Waals surface area contributed by atoms with Crippen LogP contribution in [-0.4, -0.2) is 30.6 Å². The molecule has 5 aromatic rings. The van der Waals surface area contributed by atoms with Crippen LogP contribution in [0.3, 0.4) is 0 Å². The van der Waals surface area contributed by atoms with Gasteiger partial charge in [-0.1, -0.05) is 0 Å². The van der Waals surface area contributed by atoms with Crippen LogP contribution in [0.5, 0.6) is 11.5 Å². The zero-order valence-electron chi connectivity index (χ0n) is 22.0. The van der Waals surface area contributed by atoms with Crippen molar-refractivity contribution >= 4 is 17.4 Å². The van der Waals surface area contributed by atoms with Gasteiger partial charge in [-0.05, 0) is 75.4 Å². The standard InChI is InChI=1S/C29H28FN7O2/c1-29(2,3)37-18-26(27(35-37)19-5-7-21(30)8-6-19)34-28(38)33-22-9-11-23(12-10-22)39-24-13-14-31-25(15-24)20-16-32-36(4)17-20/h5-18H,1-4H3,(H2,33,34,38). The van der Waals surface area contributed by atoms with E-state index in [1.54, 1.807) is 70.4 Å². The number of hydrogen-bond donors (Lipinski definition) is 2. The lowest BCUT2D eigenvalue weighted by molar-refractivity contribution is 0.262. The highest BCUT2D eigenvalue weighted by atomic mass is 19.1. The molecule has 0 aliphatic heterocycles. The molecule has 0 unspecified atom stereocenters. The maximum atomic E-state index is 13.5. The minimum absolute atomic E-state index is 0.311. The van der Waals surface area contributed by atoms with Crippen molar-refractivity contribution < 1.29 is 13.9 Å². The van der Waals surface area contributed by atoms with Crippen LogP contribution >= 0.6 is 0 Å². The summed E-state index contributed by atoms with van der Waals surface area (Å²) in [6.07, 6.45) is 7.08. The van der Waals surface area contributed by atoms with E-state index >= 15 is 0 Å².